The number of morpholine rings is 1. The number of rotatable bonds is 7. The average molecular weight is 476 g/mol. The molecular weight excluding hydrogens is 446 g/mol. The Morgan fingerprint density at radius 3 is 2.27 bits per heavy atom. The van der Waals surface area contributed by atoms with Gasteiger partial charge in [0.1, 0.15) is 19.3 Å². The number of fused-ring (bicyclic) bond motifs is 1. The number of carbonyl (C=O) groups is 1. The number of sulfonamides is 1. The largest absolute Gasteiger partial charge is 0.486 e. The van der Waals surface area contributed by atoms with Crippen LogP contribution in [0.25, 0.3) is 0 Å². The van der Waals surface area contributed by atoms with Crippen molar-refractivity contribution in [2.45, 2.75) is 24.8 Å². The van der Waals surface area contributed by atoms with E-state index in [0.29, 0.717) is 43.6 Å². The van der Waals surface area contributed by atoms with Crippen LogP contribution in [0.2, 0.25) is 0 Å². The lowest BCUT2D eigenvalue weighted by Gasteiger charge is -2.29. The number of hydrogen-bond acceptors (Lipinski definition) is 7. The maximum Gasteiger partial charge on any atom is 0.242 e. The zero-order valence-electron chi connectivity index (χ0n) is 18.7. The van der Waals surface area contributed by atoms with E-state index in [4.69, 9.17) is 14.2 Å². The highest BCUT2D eigenvalue weighted by Gasteiger charge is 2.29. The van der Waals surface area contributed by atoms with E-state index >= 15 is 0 Å². The summed E-state index contributed by atoms with van der Waals surface area (Å²) in [6, 6.07) is 11.0. The van der Waals surface area contributed by atoms with Gasteiger partial charge in [0.05, 0.1) is 18.1 Å². The van der Waals surface area contributed by atoms with Crippen LogP contribution in [0.4, 0.5) is 11.4 Å². The first-order valence-corrected chi connectivity index (χ1v) is 12.5. The van der Waals surface area contributed by atoms with Crippen LogP contribution in [0.5, 0.6) is 11.5 Å². The Morgan fingerprint density at radius 1 is 0.939 bits per heavy atom. The summed E-state index contributed by atoms with van der Waals surface area (Å²) < 4.78 is 44.9. The van der Waals surface area contributed by atoms with Gasteiger partial charge in [-0.3, -0.25) is 4.79 Å². The second-order valence-electron chi connectivity index (χ2n) is 8.28. The quantitative estimate of drug-likeness (QED) is 0.633. The van der Waals surface area contributed by atoms with Crippen molar-refractivity contribution in [1.82, 2.24) is 4.72 Å². The molecule has 0 radical (unpaired) electrons. The van der Waals surface area contributed by atoms with Gasteiger partial charge in [-0.05, 0) is 42.3 Å². The van der Waals surface area contributed by atoms with Gasteiger partial charge in [0.2, 0.25) is 15.9 Å². The van der Waals surface area contributed by atoms with Gasteiger partial charge in [0.15, 0.2) is 11.5 Å². The number of benzene rings is 2. The van der Waals surface area contributed by atoms with Crippen LogP contribution in [0, 0.1) is 5.92 Å². The van der Waals surface area contributed by atoms with Crippen LogP contribution in [0.15, 0.2) is 47.4 Å². The second-order valence-corrected chi connectivity index (χ2v) is 10.00. The van der Waals surface area contributed by atoms with E-state index in [1.54, 1.807) is 19.9 Å². The Kier molecular flexibility index (Phi) is 7.06. The topological polar surface area (TPSA) is 106 Å². The molecule has 1 unspecified atom stereocenters. The van der Waals surface area contributed by atoms with Crippen molar-refractivity contribution in [2.75, 3.05) is 49.7 Å². The number of nitrogens with one attached hydrogen (secondary N) is 2. The van der Waals surface area contributed by atoms with Crippen molar-refractivity contribution in [3.8, 4) is 11.5 Å². The Bertz CT molecular complexity index is 1080. The smallest absolute Gasteiger partial charge is 0.242 e. The predicted octanol–water partition coefficient (Wildman–Crippen LogP) is 2.24. The summed E-state index contributed by atoms with van der Waals surface area (Å²) in [5, 5.41) is 2.82. The minimum absolute atomic E-state index is 0.0139. The lowest BCUT2D eigenvalue weighted by atomic mass is 10.0. The minimum Gasteiger partial charge on any atom is -0.486 e. The van der Waals surface area contributed by atoms with Crippen LogP contribution in [0.1, 0.15) is 13.8 Å². The molecule has 2 N–H and O–H groups in total. The number of carbonyl (C=O) groups excluding carboxylic acids is 1. The first-order valence-electron chi connectivity index (χ1n) is 11.0. The molecule has 33 heavy (non-hydrogen) atoms. The third-order valence-electron chi connectivity index (χ3n) is 5.57. The normalized spacial score (nSPS) is 17.0. The summed E-state index contributed by atoms with van der Waals surface area (Å²) in [7, 11) is -3.96. The highest BCUT2D eigenvalue weighted by molar-refractivity contribution is 7.89. The van der Waals surface area contributed by atoms with E-state index in [1.807, 2.05) is 24.3 Å². The number of nitrogens with zero attached hydrogens (tertiary/aromatic N) is 1. The van der Waals surface area contributed by atoms with Gasteiger partial charge in [0.25, 0.3) is 0 Å². The maximum absolute atomic E-state index is 13.0. The van der Waals surface area contributed by atoms with Gasteiger partial charge in [-0.1, -0.05) is 13.8 Å². The Hall–Kier alpha value is -2.82. The first-order chi connectivity index (χ1) is 15.8. The number of hydrogen-bond donors (Lipinski definition) is 2. The lowest BCUT2D eigenvalue weighted by Crippen LogP contribution is -2.47. The third-order valence-corrected chi connectivity index (χ3v) is 7.01. The van der Waals surface area contributed by atoms with Gasteiger partial charge in [-0.15, -0.1) is 0 Å². The Balaban J connectivity index is 1.45. The molecule has 2 aliphatic heterocycles. The van der Waals surface area contributed by atoms with Gasteiger partial charge in [-0.2, -0.15) is 4.72 Å². The fourth-order valence-corrected chi connectivity index (χ4v) is 5.07. The van der Waals surface area contributed by atoms with Crippen molar-refractivity contribution >= 4 is 27.3 Å². The molecule has 0 aliphatic carbocycles. The summed E-state index contributed by atoms with van der Waals surface area (Å²) in [5.74, 6) is 0.170. The van der Waals surface area contributed by atoms with E-state index in [1.165, 1.54) is 12.1 Å². The average Bonchev–Trinajstić information content (AvgIpc) is 2.83. The van der Waals surface area contributed by atoms with Crippen LogP contribution < -0.4 is 24.4 Å². The zero-order valence-corrected chi connectivity index (χ0v) is 19.6. The molecule has 9 nitrogen and oxygen atoms in total. The molecule has 2 aromatic rings. The summed E-state index contributed by atoms with van der Waals surface area (Å²) in [6.45, 7) is 7.38. The van der Waals surface area contributed by atoms with E-state index < -0.39 is 22.0 Å². The summed E-state index contributed by atoms with van der Waals surface area (Å²) in [5.41, 5.74) is 1.65. The van der Waals surface area contributed by atoms with E-state index in [0.717, 1.165) is 18.8 Å². The van der Waals surface area contributed by atoms with Crippen molar-refractivity contribution in [3.63, 3.8) is 0 Å². The molecule has 1 amide bonds. The van der Waals surface area contributed by atoms with Crippen molar-refractivity contribution in [2.24, 2.45) is 5.92 Å². The lowest BCUT2D eigenvalue weighted by molar-refractivity contribution is -0.118. The maximum atomic E-state index is 13.0. The molecule has 10 heteroatoms. The van der Waals surface area contributed by atoms with Crippen LogP contribution >= 0.6 is 0 Å². The standard InChI is InChI=1S/C23H29N3O6S/c1-16(2)22(25-33(28,29)19-7-8-20-21(15-19)32-14-13-31-20)23(27)24-17-3-5-18(6-4-17)26-9-11-30-12-10-26/h3-8,15-16,22,25H,9-14H2,1-2H3,(H,24,27). The van der Waals surface area contributed by atoms with Crippen LogP contribution in [0.3, 0.4) is 0 Å². The molecule has 0 saturated carbocycles. The monoisotopic (exact) mass is 475 g/mol. The molecule has 1 saturated heterocycles. The van der Waals surface area contributed by atoms with Crippen molar-refractivity contribution in [1.29, 1.82) is 0 Å². The Morgan fingerprint density at radius 2 is 1.61 bits per heavy atom. The summed E-state index contributed by atoms with van der Waals surface area (Å²) >= 11 is 0. The molecule has 178 valence electrons. The predicted molar refractivity (Wildman–Crippen MR) is 124 cm³/mol. The fraction of sp³-hybridized carbons (Fsp3) is 0.435. The highest BCUT2D eigenvalue weighted by Crippen LogP contribution is 2.32. The van der Waals surface area contributed by atoms with Crippen LogP contribution in [-0.2, 0) is 19.6 Å². The third kappa shape index (κ3) is 5.58. The zero-order chi connectivity index (χ0) is 23.4. The molecule has 4 rings (SSSR count). The molecule has 1 atom stereocenters. The SMILES string of the molecule is CC(C)C(NS(=O)(=O)c1ccc2c(c1)OCCO2)C(=O)Nc1ccc(N2CCOCC2)cc1. The molecule has 0 bridgehead atoms. The molecule has 0 aromatic heterocycles. The highest BCUT2D eigenvalue weighted by atomic mass is 32.2. The Labute approximate surface area is 194 Å². The molecule has 2 heterocycles. The summed E-state index contributed by atoms with van der Waals surface area (Å²) in [4.78, 5) is 15.2. The molecular formula is C23H29N3O6S. The fourth-order valence-electron chi connectivity index (χ4n) is 3.72. The van der Waals surface area contributed by atoms with Crippen LogP contribution in [-0.4, -0.2) is 59.9 Å². The number of ether oxygens (including phenoxy) is 3. The van der Waals surface area contributed by atoms with E-state index in [-0.39, 0.29) is 10.8 Å². The number of amides is 1. The van der Waals surface area contributed by atoms with Gasteiger partial charge in [-0.25, -0.2) is 8.42 Å². The molecule has 2 aromatic carbocycles. The van der Waals surface area contributed by atoms with Gasteiger partial charge < -0.3 is 24.4 Å². The first kappa shape index (κ1) is 23.3. The van der Waals surface area contributed by atoms with Gasteiger partial charge in [0, 0.05) is 30.5 Å². The molecule has 0 spiro atoms. The number of anilines is 2. The van der Waals surface area contributed by atoms with E-state index in [9.17, 15) is 13.2 Å². The second kappa shape index (κ2) is 9.98. The van der Waals surface area contributed by atoms with Crippen molar-refractivity contribution < 1.29 is 27.4 Å². The minimum atomic E-state index is -3.96. The van der Waals surface area contributed by atoms with Crippen molar-refractivity contribution in [3.05, 3.63) is 42.5 Å². The molecule has 1 fully saturated rings. The summed E-state index contributed by atoms with van der Waals surface area (Å²) in [6.07, 6.45) is 0. The molecule has 2 aliphatic rings. The van der Waals surface area contributed by atoms with E-state index in [2.05, 4.69) is 14.9 Å². The van der Waals surface area contributed by atoms with Gasteiger partial charge >= 0.3 is 0 Å².